The number of halogens is 4. The van der Waals surface area contributed by atoms with Crippen LogP contribution in [-0.4, -0.2) is 15.2 Å². The van der Waals surface area contributed by atoms with E-state index >= 15 is 0 Å². The number of benzene rings is 2. The minimum Gasteiger partial charge on any atom is -0.436 e. The van der Waals surface area contributed by atoms with Crippen LogP contribution in [0.15, 0.2) is 48.5 Å². The van der Waals surface area contributed by atoms with Crippen LogP contribution < -0.4 is 4.74 Å². The van der Waals surface area contributed by atoms with Gasteiger partial charge >= 0.3 is 6.18 Å². The van der Waals surface area contributed by atoms with Crippen molar-refractivity contribution in [1.29, 1.82) is 5.26 Å². The van der Waals surface area contributed by atoms with Crippen molar-refractivity contribution >= 4 is 11.6 Å². The Labute approximate surface area is 150 Å². The van der Waals surface area contributed by atoms with E-state index in [2.05, 4.69) is 15.2 Å². The summed E-state index contributed by atoms with van der Waals surface area (Å²) in [6, 6.07) is 12.5. The highest BCUT2D eigenvalue weighted by atomic mass is 35.5. The lowest BCUT2D eigenvalue weighted by Gasteiger charge is -2.09. The zero-order valence-electron chi connectivity index (χ0n) is 12.8. The van der Waals surface area contributed by atoms with Crippen molar-refractivity contribution in [2.24, 2.45) is 0 Å². The van der Waals surface area contributed by atoms with E-state index in [4.69, 9.17) is 21.6 Å². The monoisotopic (exact) mass is 376 g/mol. The summed E-state index contributed by atoms with van der Waals surface area (Å²) in [7, 11) is 0. The highest BCUT2D eigenvalue weighted by Crippen LogP contribution is 2.32. The van der Waals surface area contributed by atoms with E-state index in [-0.39, 0.29) is 23.0 Å². The van der Waals surface area contributed by atoms with E-state index in [1.807, 2.05) is 0 Å². The smallest absolute Gasteiger partial charge is 0.416 e. The summed E-state index contributed by atoms with van der Waals surface area (Å²) >= 11 is 5.79. The van der Waals surface area contributed by atoms with Crippen molar-refractivity contribution in [2.75, 3.05) is 0 Å². The van der Waals surface area contributed by atoms with Crippen LogP contribution in [0.4, 0.5) is 13.2 Å². The Morgan fingerprint density at radius 1 is 1.04 bits per heavy atom. The van der Waals surface area contributed by atoms with E-state index in [0.29, 0.717) is 10.8 Å². The van der Waals surface area contributed by atoms with Gasteiger partial charge in [-0.25, -0.2) is 0 Å². The zero-order chi connectivity index (χ0) is 18.7. The van der Waals surface area contributed by atoms with Gasteiger partial charge in [0.15, 0.2) is 5.82 Å². The first-order valence-electron chi connectivity index (χ1n) is 7.12. The third kappa shape index (κ3) is 3.90. The molecule has 5 nitrogen and oxygen atoms in total. The maximum Gasteiger partial charge on any atom is 0.416 e. The second kappa shape index (κ2) is 6.98. The lowest BCUT2D eigenvalue weighted by molar-refractivity contribution is -0.137. The Morgan fingerprint density at radius 3 is 2.42 bits per heavy atom. The summed E-state index contributed by atoms with van der Waals surface area (Å²) in [4.78, 5) is 4.04. The van der Waals surface area contributed by atoms with Crippen LogP contribution in [0.2, 0.25) is 5.02 Å². The minimum atomic E-state index is -4.50. The van der Waals surface area contributed by atoms with Crippen molar-refractivity contribution in [3.05, 3.63) is 64.8 Å². The molecule has 130 valence electrons. The van der Waals surface area contributed by atoms with Gasteiger partial charge in [0.05, 0.1) is 5.56 Å². The molecule has 0 aliphatic rings. The predicted molar refractivity (Wildman–Crippen MR) is 86.5 cm³/mol. The quantitative estimate of drug-likeness (QED) is 0.651. The molecule has 9 heteroatoms. The van der Waals surface area contributed by atoms with E-state index in [9.17, 15) is 13.2 Å². The Balaban J connectivity index is 2.00. The van der Waals surface area contributed by atoms with E-state index < -0.39 is 11.7 Å². The van der Waals surface area contributed by atoms with Crippen molar-refractivity contribution in [3.63, 3.8) is 0 Å². The highest BCUT2D eigenvalue weighted by molar-refractivity contribution is 6.30. The number of alkyl halides is 3. The fourth-order valence-electron chi connectivity index (χ4n) is 2.02. The van der Waals surface area contributed by atoms with Gasteiger partial charge in [-0.3, -0.25) is 0 Å². The molecular formula is C17H8ClF3N4O. The number of aromatic nitrogens is 3. The molecule has 0 N–H and O–H groups in total. The molecule has 0 radical (unpaired) electrons. The highest BCUT2D eigenvalue weighted by Gasteiger charge is 2.30. The van der Waals surface area contributed by atoms with Gasteiger partial charge in [-0.15, -0.1) is 10.2 Å². The van der Waals surface area contributed by atoms with E-state index in [1.54, 1.807) is 30.3 Å². The maximum absolute atomic E-state index is 12.9. The average molecular weight is 377 g/mol. The fourth-order valence-corrected chi connectivity index (χ4v) is 2.15. The summed E-state index contributed by atoms with van der Waals surface area (Å²) in [5.41, 5.74) is -0.948. The summed E-state index contributed by atoms with van der Waals surface area (Å²) < 4.78 is 44.1. The normalized spacial score (nSPS) is 11.0. The van der Waals surface area contributed by atoms with Gasteiger partial charge in [0.1, 0.15) is 11.8 Å². The van der Waals surface area contributed by atoms with Crippen LogP contribution in [0, 0.1) is 11.3 Å². The van der Waals surface area contributed by atoms with Crippen LogP contribution in [0.1, 0.15) is 11.3 Å². The van der Waals surface area contributed by atoms with E-state index in [1.165, 1.54) is 12.1 Å². The lowest BCUT2D eigenvalue weighted by Crippen LogP contribution is -2.05. The third-order valence-electron chi connectivity index (χ3n) is 3.24. The van der Waals surface area contributed by atoms with Gasteiger partial charge in [0.25, 0.3) is 5.88 Å². The number of hydrogen-bond acceptors (Lipinski definition) is 5. The molecule has 0 bridgehead atoms. The summed E-state index contributed by atoms with van der Waals surface area (Å²) in [5.74, 6) is 0.0673. The van der Waals surface area contributed by atoms with Crippen LogP contribution in [0.3, 0.4) is 0 Å². The van der Waals surface area contributed by atoms with E-state index in [0.717, 1.165) is 12.1 Å². The Kier molecular flexibility index (Phi) is 4.73. The standard InChI is InChI=1S/C17H8ClF3N4O/c18-12-4-6-13(7-5-12)26-16-14(9-22)24-25-15(23-16)10-2-1-3-11(8-10)17(19,20)21/h1-8H. The number of ether oxygens (including phenoxy) is 1. The Bertz CT molecular complexity index is 985. The SMILES string of the molecule is N#Cc1nnc(-c2cccc(C(F)(F)F)c2)nc1Oc1ccc(Cl)cc1. The first-order valence-corrected chi connectivity index (χ1v) is 7.50. The fraction of sp³-hybridized carbons (Fsp3) is 0.0588. The molecular weight excluding hydrogens is 369 g/mol. The number of nitriles is 1. The minimum absolute atomic E-state index is 0.0952. The van der Waals surface area contributed by atoms with Gasteiger partial charge in [0.2, 0.25) is 5.69 Å². The molecule has 0 aliphatic heterocycles. The molecule has 0 saturated carbocycles. The van der Waals surface area contributed by atoms with Crippen LogP contribution in [0.5, 0.6) is 11.6 Å². The third-order valence-corrected chi connectivity index (χ3v) is 3.49. The number of nitrogens with zero attached hydrogens (tertiary/aromatic N) is 4. The van der Waals surface area contributed by atoms with Crippen LogP contribution in [0.25, 0.3) is 11.4 Å². The van der Waals surface area contributed by atoms with Crippen LogP contribution >= 0.6 is 11.6 Å². The summed E-state index contributed by atoms with van der Waals surface area (Å²) in [6.45, 7) is 0. The van der Waals surface area contributed by atoms with Crippen molar-refractivity contribution in [3.8, 4) is 29.1 Å². The second-order valence-electron chi connectivity index (χ2n) is 5.04. The summed E-state index contributed by atoms with van der Waals surface area (Å²) in [5, 5.41) is 17.0. The molecule has 0 aliphatic carbocycles. The molecule has 26 heavy (non-hydrogen) atoms. The number of rotatable bonds is 3. The maximum atomic E-state index is 12.9. The van der Waals surface area contributed by atoms with Gasteiger partial charge in [-0.2, -0.15) is 23.4 Å². The van der Waals surface area contributed by atoms with Crippen molar-refractivity contribution < 1.29 is 17.9 Å². The second-order valence-corrected chi connectivity index (χ2v) is 5.47. The molecule has 0 amide bonds. The first-order chi connectivity index (χ1) is 12.4. The van der Waals surface area contributed by atoms with Crippen LogP contribution in [-0.2, 0) is 6.18 Å². The Morgan fingerprint density at radius 2 is 1.77 bits per heavy atom. The lowest BCUT2D eigenvalue weighted by atomic mass is 10.1. The van der Waals surface area contributed by atoms with Gasteiger partial charge in [-0.1, -0.05) is 23.7 Å². The van der Waals surface area contributed by atoms with Gasteiger partial charge in [-0.05, 0) is 36.4 Å². The molecule has 0 atom stereocenters. The topological polar surface area (TPSA) is 71.7 Å². The average Bonchev–Trinajstić information content (AvgIpc) is 2.63. The van der Waals surface area contributed by atoms with Gasteiger partial charge in [0, 0.05) is 10.6 Å². The van der Waals surface area contributed by atoms with Crippen molar-refractivity contribution in [1.82, 2.24) is 15.2 Å². The molecule has 1 heterocycles. The molecule has 0 saturated heterocycles. The number of hydrogen-bond donors (Lipinski definition) is 0. The molecule has 1 aromatic heterocycles. The predicted octanol–water partition coefficient (Wildman–Crippen LogP) is 4.87. The molecule has 0 spiro atoms. The van der Waals surface area contributed by atoms with Gasteiger partial charge < -0.3 is 4.74 Å². The first kappa shape index (κ1) is 17.6. The molecule has 0 unspecified atom stereocenters. The largest absolute Gasteiger partial charge is 0.436 e. The Hall–Kier alpha value is -3.18. The molecule has 3 rings (SSSR count). The zero-order valence-corrected chi connectivity index (χ0v) is 13.6. The van der Waals surface area contributed by atoms with Crippen molar-refractivity contribution in [2.45, 2.75) is 6.18 Å². The molecule has 2 aromatic carbocycles. The summed E-state index contributed by atoms with van der Waals surface area (Å²) in [6.07, 6.45) is -4.50. The molecule has 0 fully saturated rings. The molecule has 3 aromatic rings.